The van der Waals surface area contributed by atoms with Gasteiger partial charge in [0.25, 0.3) is 5.91 Å². The van der Waals surface area contributed by atoms with Crippen molar-refractivity contribution in [2.24, 2.45) is 5.92 Å². The largest absolute Gasteiger partial charge is 0.366 e. The minimum Gasteiger partial charge on any atom is -0.366 e. The Morgan fingerprint density at radius 1 is 1.29 bits per heavy atom. The molecule has 2 atom stereocenters. The van der Waals surface area contributed by atoms with Crippen LogP contribution in [0.4, 0.5) is 0 Å². The van der Waals surface area contributed by atoms with E-state index in [0.29, 0.717) is 18.9 Å². The Kier molecular flexibility index (Phi) is 3.66. The highest BCUT2D eigenvalue weighted by Crippen LogP contribution is 2.21. The van der Waals surface area contributed by atoms with Gasteiger partial charge in [0, 0.05) is 20.0 Å². The number of hydrogen-bond acceptors (Lipinski definition) is 3. The molecule has 2 aliphatic rings. The summed E-state index contributed by atoms with van der Waals surface area (Å²) in [5.74, 6) is 0.694. The monoisotopic (exact) mass is 240 g/mol. The lowest BCUT2D eigenvalue weighted by Crippen LogP contribution is -2.54. The maximum absolute atomic E-state index is 12.0. The van der Waals surface area contributed by atoms with E-state index >= 15 is 0 Å². The first-order valence-corrected chi connectivity index (χ1v) is 6.23. The summed E-state index contributed by atoms with van der Waals surface area (Å²) in [5, 5.41) is 2.82. The van der Waals surface area contributed by atoms with Crippen molar-refractivity contribution in [2.75, 3.05) is 19.7 Å². The molecule has 0 aliphatic carbocycles. The maximum atomic E-state index is 12.0. The minimum atomic E-state index is -0.299. The smallest absolute Gasteiger partial charge is 0.251 e. The normalized spacial score (nSPS) is 29.6. The lowest BCUT2D eigenvalue weighted by molar-refractivity contribution is -0.153. The molecular weight excluding hydrogens is 220 g/mol. The summed E-state index contributed by atoms with van der Waals surface area (Å²) in [6.45, 7) is 5.79. The Hall–Kier alpha value is -1.10. The molecule has 0 aromatic carbocycles. The fraction of sp³-hybridized carbons (Fsp3) is 0.833. The topological polar surface area (TPSA) is 58.6 Å². The molecule has 5 nitrogen and oxygen atoms in total. The predicted octanol–water partition coefficient (Wildman–Crippen LogP) is 0.148. The van der Waals surface area contributed by atoms with E-state index in [4.69, 9.17) is 4.74 Å². The highest BCUT2D eigenvalue weighted by atomic mass is 16.5. The Bertz CT molecular complexity index is 305. The average molecular weight is 240 g/mol. The van der Waals surface area contributed by atoms with Crippen LogP contribution in [0.15, 0.2) is 0 Å². The van der Waals surface area contributed by atoms with Gasteiger partial charge in [-0.3, -0.25) is 9.59 Å². The van der Waals surface area contributed by atoms with E-state index in [0.717, 1.165) is 19.5 Å². The maximum Gasteiger partial charge on any atom is 0.251 e. The van der Waals surface area contributed by atoms with Gasteiger partial charge in [-0.25, -0.2) is 0 Å². The molecule has 0 aromatic heterocycles. The van der Waals surface area contributed by atoms with Gasteiger partial charge in [-0.1, -0.05) is 6.92 Å². The zero-order valence-corrected chi connectivity index (χ0v) is 10.4. The number of likely N-dealkylation sites (tertiary alicyclic amines) is 1. The van der Waals surface area contributed by atoms with Gasteiger partial charge in [-0.2, -0.15) is 0 Å². The van der Waals surface area contributed by atoms with Crippen molar-refractivity contribution in [3.8, 4) is 0 Å². The van der Waals surface area contributed by atoms with Gasteiger partial charge in [0.15, 0.2) is 0 Å². The second kappa shape index (κ2) is 5.04. The number of hydrogen-bond donors (Lipinski definition) is 1. The molecular formula is C12H20N2O3. The third-order valence-electron chi connectivity index (χ3n) is 3.33. The van der Waals surface area contributed by atoms with Gasteiger partial charge in [0.05, 0.1) is 12.6 Å². The number of ether oxygens (including phenoxy) is 1. The molecule has 5 heteroatoms. The van der Waals surface area contributed by atoms with Crippen LogP contribution in [0.1, 0.15) is 26.7 Å². The quantitative estimate of drug-likeness (QED) is 0.747. The lowest BCUT2D eigenvalue weighted by atomic mass is 9.99. The third-order valence-corrected chi connectivity index (χ3v) is 3.33. The standard InChI is InChI=1S/C12H20N2O3/c1-8-5-14(6-8)12(16)11-4-3-10(7-17-11)13-9(2)15/h8,10-11H,3-7H2,1-2H3,(H,13,15). The molecule has 2 aliphatic heterocycles. The van der Waals surface area contributed by atoms with Gasteiger partial charge in [0.1, 0.15) is 6.10 Å². The van der Waals surface area contributed by atoms with Crippen molar-refractivity contribution in [3.63, 3.8) is 0 Å². The van der Waals surface area contributed by atoms with E-state index in [1.54, 1.807) is 0 Å². The third kappa shape index (κ3) is 2.97. The van der Waals surface area contributed by atoms with Crippen LogP contribution >= 0.6 is 0 Å². The number of rotatable bonds is 2. The second-order valence-corrected chi connectivity index (χ2v) is 5.15. The fourth-order valence-electron chi connectivity index (χ4n) is 2.43. The van der Waals surface area contributed by atoms with Crippen molar-refractivity contribution in [1.29, 1.82) is 0 Å². The van der Waals surface area contributed by atoms with E-state index < -0.39 is 0 Å². The molecule has 0 aromatic rings. The highest BCUT2D eigenvalue weighted by molar-refractivity contribution is 5.81. The molecule has 1 N–H and O–H groups in total. The SMILES string of the molecule is CC(=O)NC1CCC(C(=O)N2CC(C)C2)OC1. The lowest BCUT2D eigenvalue weighted by Gasteiger charge is -2.40. The van der Waals surface area contributed by atoms with Crippen molar-refractivity contribution >= 4 is 11.8 Å². The summed E-state index contributed by atoms with van der Waals surface area (Å²) in [4.78, 5) is 24.7. The van der Waals surface area contributed by atoms with Gasteiger partial charge in [-0.05, 0) is 18.8 Å². The molecule has 2 heterocycles. The second-order valence-electron chi connectivity index (χ2n) is 5.15. The summed E-state index contributed by atoms with van der Waals surface area (Å²) < 4.78 is 5.54. The molecule has 2 amide bonds. The van der Waals surface area contributed by atoms with Crippen molar-refractivity contribution in [3.05, 3.63) is 0 Å². The summed E-state index contributed by atoms with van der Waals surface area (Å²) >= 11 is 0. The van der Waals surface area contributed by atoms with Crippen LogP contribution < -0.4 is 5.32 Å². The Balaban J connectivity index is 1.75. The highest BCUT2D eigenvalue weighted by Gasteiger charge is 2.35. The minimum absolute atomic E-state index is 0.0417. The van der Waals surface area contributed by atoms with Crippen molar-refractivity contribution in [1.82, 2.24) is 10.2 Å². The first kappa shape index (κ1) is 12.4. The molecule has 17 heavy (non-hydrogen) atoms. The average Bonchev–Trinajstić information content (AvgIpc) is 2.24. The first-order chi connectivity index (χ1) is 8.06. The zero-order chi connectivity index (χ0) is 12.4. The first-order valence-electron chi connectivity index (χ1n) is 6.23. The van der Waals surface area contributed by atoms with Crippen molar-refractivity contribution in [2.45, 2.75) is 38.8 Å². The number of amides is 2. The molecule has 2 fully saturated rings. The summed E-state index contributed by atoms with van der Waals surface area (Å²) in [7, 11) is 0. The molecule has 2 unspecified atom stereocenters. The van der Waals surface area contributed by atoms with E-state index in [9.17, 15) is 9.59 Å². The zero-order valence-electron chi connectivity index (χ0n) is 10.4. The summed E-state index contributed by atoms with van der Waals surface area (Å²) in [6, 6.07) is 0.0619. The molecule has 0 spiro atoms. The molecule has 0 bridgehead atoms. The predicted molar refractivity (Wildman–Crippen MR) is 62.3 cm³/mol. The number of nitrogens with zero attached hydrogens (tertiary/aromatic N) is 1. The van der Waals surface area contributed by atoms with Crippen LogP contribution in [0.25, 0.3) is 0 Å². The number of nitrogens with one attached hydrogen (secondary N) is 1. The van der Waals surface area contributed by atoms with E-state index in [1.807, 2.05) is 4.90 Å². The molecule has 0 saturated carbocycles. The molecule has 96 valence electrons. The van der Waals surface area contributed by atoms with Crippen LogP contribution in [0.2, 0.25) is 0 Å². The van der Waals surface area contributed by atoms with Crippen LogP contribution in [0.5, 0.6) is 0 Å². The van der Waals surface area contributed by atoms with E-state index in [1.165, 1.54) is 6.92 Å². The fourth-order valence-corrected chi connectivity index (χ4v) is 2.43. The molecule has 0 radical (unpaired) electrons. The number of carbonyl (C=O) groups is 2. The van der Waals surface area contributed by atoms with Gasteiger partial charge in [0.2, 0.25) is 5.91 Å². The number of carbonyl (C=O) groups excluding carboxylic acids is 2. The van der Waals surface area contributed by atoms with Gasteiger partial charge >= 0.3 is 0 Å². The summed E-state index contributed by atoms with van der Waals surface area (Å²) in [5.41, 5.74) is 0. The van der Waals surface area contributed by atoms with E-state index in [-0.39, 0.29) is 24.0 Å². The van der Waals surface area contributed by atoms with Crippen LogP contribution in [0, 0.1) is 5.92 Å². The van der Waals surface area contributed by atoms with E-state index in [2.05, 4.69) is 12.2 Å². The van der Waals surface area contributed by atoms with Crippen LogP contribution in [-0.4, -0.2) is 48.6 Å². The van der Waals surface area contributed by atoms with Gasteiger partial charge in [-0.15, -0.1) is 0 Å². The molecule has 2 saturated heterocycles. The van der Waals surface area contributed by atoms with Gasteiger partial charge < -0.3 is 15.0 Å². The van der Waals surface area contributed by atoms with Crippen molar-refractivity contribution < 1.29 is 14.3 Å². The Labute approximate surface area is 101 Å². The van der Waals surface area contributed by atoms with Crippen LogP contribution in [-0.2, 0) is 14.3 Å². The van der Waals surface area contributed by atoms with Crippen LogP contribution in [0.3, 0.4) is 0 Å². The Morgan fingerprint density at radius 2 is 2.00 bits per heavy atom. The molecule has 2 rings (SSSR count). The summed E-state index contributed by atoms with van der Waals surface area (Å²) in [6.07, 6.45) is 1.22. The Morgan fingerprint density at radius 3 is 2.47 bits per heavy atom.